The zero-order valence-corrected chi connectivity index (χ0v) is 23.3. The molecule has 3 nitrogen and oxygen atoms in total. The van der Waals surface area contributed by atoms with Crippen LogP contribution in [0.2, 0.25) is 0 Å². The van der Waals surface area contributed by atoms with Gasteiger partial charge >= 0.3 is 0 Å². The molecule has 6 aromatic rings. The largest absolute Gasteiger partial charge is 0.456 e. The normalized spacial score (nSPS) is 19.7. The van der Waals surface area contributed by atoms with Crippen LogP contribution in [-0.2, 0) is 0 Å². The van der Waals surface area contributed by atoms with E-state index in [9.17, 15) is 0 Å². The Morgan fingerprint density at radius 1 is 0.738 bits per heavy atom. The number of para-hydroxylation sites is 2. The molecule has 3 aliphatic rings. The molecule has 3 heterocycles. The van der Waals surface area contributed by atoms with Crippen LogP contribution >= 0.6 is 0 Å². The molecule has 9 rings (SSSR count). The summed E-state index contributed by atoms with van der Waals surface area (Å²) in [5.74, 6) is 1.19. The third-order valence-corrected chi connectivity index (χ3v) is 9.28. The summed E-state index contributed by atoms with van der Waals surface area (Å²) >= 11 is 0. The van der Waals surface area contributed by atoms with Crippen LogP contribution in [0.1, 0.15) is 42.1 Å². The predicted octanol–water partition coefficient (Wildman–Crippen LogP) is 9.69. The molecule has 4 aromatic carbocycles. The molecule has 1 N–H and O–H groups in total. The molecule has 0 spiro atoms. The summed E-state index contributed by atoms with van der Waals surface area (Å²) in [4.78, 5) is 0. The van der Waals surface area contributed by atoms with Crippen molar-refractivity contribution in [2.45, 2.75) is 31.2 Å². The van der Waals surface area contributed by atoms with Crippen molar-refractivity contribution < 1.29 is 4.42 Å². The third-order valence-electron chi connectivity index (χ3n) is 9.28. The number of fused-ring (bicyclic) bond motifs is 7. The van der Waals surface area contributed by atoms with Gasteiger partial charge in [0, 0.05) is 45.1 Å². The Labute approximate surface area is 244 Å². The molecular weight excluding hydrogens is 512 g/mol. The second-order valence-corrected chi connectivity index (χ2v) is 11.6. The van der Waals surface area contributed by atoms with Crippen LogP contribution in [0.3, 0.4) is 0 Å². The lowest BCUT2D eigenvalue weighted by molar-refractivity contribution is 0.543. The summed E-state index contributed by atoms with van der Waals surface area (Å²) in [6.07, 6.45) is 14.6. The molecule has 2 atom stereocenters. The summed E-state index contributed by atoms with van der Waals surface area (Å²) in [5.41, 5.74) is 11.1. The van der Waals surface area contributed by atoms with Gasteiger partial charge in [0.1, 0.15) is 11.3 Å². The molecule has 0 amide bonds. The molecule has 2 aromatic heterocycles. The number of nitrogens with one attached hydrogen (secondary N) is 1. The third kappa shape index (κ3) is 3.53. The molecule has 0 saturated heterocycles. The first-order valence-electron chi connectivity index (χ1n) is 15.0. The zero-order valence-electron chi connectivity index (χ0n) is 23.3. The SMILES string of the molecule is C1=CC2=C(c3ccccc3)C=C(C3CC=Cc4oc5cc(-n6c7ccccc7c7ccccc76)ccc5c43)NC2CC1. The summed E-state index contributed by atoms with van der Waals surface area (Å²) in [7, 11) is 0. The molecule has 2 aliphatic carbocycles. The number of aromatic nitrogens is 1. The second-order valence-electron chi connectivity index (χ2n) is 11.6. The van der Waals surface area contributed by atoms with Crippen molar-refractivity contribution in [3.8, 4) is 5.69 Å². The number of hydrogen-bond donors (Lipinski definition) is 1. The Bertz CT molecular complexity index is 2100. The first-order chi connectivity index (χ1) is 20.8. The van der Waals surface area contributed by atoms with Crippen LogP contribution < -0.4 is 5.32 Å². The number of furan rings is 1. The van der Waals surface area contributed by atoms with Gasteiger partial charge in [0.05, 0.1) is 17.1 Å². The average Bonchev–Trinajstić information content (AvgIpc) is 3.60. The first kappa shape index (κ1) is 23.7. The molecule has 0 bridgehead atoms. The van der Waals surface area contributed by atoms with E-state index in [0.29, 0.717) is 6.04 Å². The Morgan fingerprint density at radius 2 is 1.50 bits per heavy atom. The monoisotopic (exact) mass is 542 g/mol. The van der Waals surface area contributed by atoms with E-state index in [0.717, 1.165) is 36.3 Å². The fraction of sp³-hybridized carbons (Fsp3) is 0.128. The lowest BCUT2D eigenvalue weighted by Gasteiger charge is -2.35. The molecule has 0 fully saturated rings. The fourth-order valence-electron chi connectivity index (χ4n) is 7.38. The Morgan fingerprint density at radius 3 is 2.31 bits per heavy atom. The topological polar surface area (TPSA) is 30.1 Å². The van der Waals surface area contributed by atoms with E-state index in [2.05, 4.69) is 137 Å². The van der Waals surface area contributed by atoms with E-state index in [1.165, 1.54) is 55.2 Å². The van der Waals surface area contributed by atoms with E-state index in [4.69, 9.17) is 4.42 Å². The highest BCUT2D eigenvalue weighted by Crippen LogP contribution is 2.45. The maximum atomic E-state index is 6.61. The lowest BCUT2D eigenvalue weighted by Crippen LogP contribution is -2.36. The van der Waals surface area contributed by atoms with Gasteiger partial charge < -0.3 is 14.3 Å². The van der Waals surface area contributed by atoms with Gasteiger partial charge in [-0.05, 0) is 72.4 Å². The maximum Gasteiger partial charge on any atom is 0.137 e. The Kier molecular flexibility index (Phi) is 5.21. The minimum Gasteiger partial charge on any atom is -0.456 e. The Balaban J connectivity index is 1.19. The van der Waals surface area contributed by atoms with Crippen LogP contribution in [0, 0.1) is 0 Å². The van der Waals surface area contributed by atoms with Crippen LogP contribution in [0.4, 0.5) is 0 Å². The highest BCUT2D eigenvalue weighted by atomic mass is 16.3. The second kappa shape index (κ2) is 9.25. The summed E-state index contributed by atoms with van der Waals surface area (Å²) < 4.78 is 8.97. The summed E-state index contributed by atoms with van der Waals surface area (Å²) in [5, 5.41) is 7.70. The van der Waals surface area contributed by atoms with Crippen LogP contribution in [0.25, 0.3) is 50.1 Å². The van der Waals surface area contributed by atoms with Gasteiger partial charge in [0.2, 0.25) is 0 Å². The minimum atomic E-state index is 0.219. The van der Waals surface area contributed by atoms with E-state index in [1.54, 1.807) is 0 Å². The lowest BCUT2D eigenvalue weighted by atomic mass is 9.80. The minimum absolute atomic E-state index is 0.219. The van der Waals surface area contributed by atoms with Gasteiger partial charge in [-0.1, -0.05) is 85.0 Å². The fourth-order valence-corrected chi connectivity index (χ4v) is 7.38. The number of rotatable bonds is 3. The van der Waals surface area contributed by atoms with E-state index >= 15 is 0 Å². The number of nitrogens with zero attached hydrogens (tertiary/aromatic N) is 1. The van der Waals surface area contributed by atoms with Gasteiger partial charge in [0.25, 0.3) is 0 Å². The first-order valence-corrected chi connectivity index (χ1v) is 15.0. The van der Waals surface area contributed by atoms with Crippen LogP contribution in [-0.4, -0.2) is 10.6 Å². The van der Waals surface area contributed by atoms with Crippen molar-refractivity contribution in [3.63, 3.8) is 0 Å². The predicted molar refractivity (Wildman–Crippen MR) is 174 cm³/mol. The molecule has 42 heavy (non-hydrogen) atoms. The van der Waals surface area contributed by atoms with Gasteiger partial charge in [0.15, 0.2) is 0 Å². The molecular formula is C39H30N2O. The summed E-state index contributed by atoms with van der Waals surface area (Å²) in [6.45, 7) is 0. The van der Waals surface area contributed by atoms with Gasteiger partial charge in [-0.3, -0.25) is 0 Å². The number of allylic oxidation sites excluding steroid dienone is 5. The quantitative estimate of drug-likeness (QED) is 0.241. The standard InChI is InChI=1S/C39H30N2O/c1-2-11-25(12-3-1)32-24-34(40-33-17-7-4-13-27(32)33)30-16-10-20-37-39(30)31-22-21-26(23-38(31)42-37)41-35-18-8-5-14-28(35)29-15-6-9-19-36(29)41/h1-6,8-15,18-24,30,33,40H,7,16-17H2. The maximum absolute atomic E-state index is 6.61. The zero-order chi connectivity index (χ0) is 27.6. The number of benzene rings is 4. The van der Waals surface area contributed by atoms with Gasteiger partial charge in [-0.2, -0.15) is 0 Å². The van der Waals surface area contributed by atoms with Crippen molar-refractivity contribution in [2.24, 2.45) is 0 Å². The van der Waals surface area contributed by atoms with Gasteiger partial charge in [-0.25, -0.2) is 0 Å². The van der Waals surface area contributed by atoms with E-state index < -0.39 is 0 Å². The van der Waals surface area contributed by atoms with Crippen LogP contribution in [0.5, 0.6) is 0 Å². The molecule has 2 unspecified atom stereocenters. The van der Waals surface area contributed by atoms with Crippen molar-refractivity contribution in [3.05, 3.63) is 150 Å². The van der Waals surface area contributed by atoms with E-state index in [1.807, 2.05) is 0 Å². The molecule has 1 aliphatic heterocycles. The molecule has 202 valence electrons. The van der Waals surface area contributed by atoms with Crippen molar-refractivity contribution in [1.29, 1.82) is 0 Å². The van der Waals surface area contributed by atoms with Crippen molar-refractivity contribution in [1.82, 2.24) is 9.88 Å². The van der Waals surface area contributed by atoms with Gasteiger partial charge in [-0.15, -0.1) is 0 Å². The van der Waals surface area contributed by atoms with E-state index in [-0.39, 0.29) is 5.92 Å². The highest BCUT2D eigenvalue weighted by Gasteiger charge is 2.32. The highest BCUT2D eigenvalue weighted by molar-refractivity contribution is 6.09. The van der Waals surface area contributed by atoms with Crippen LogP contribution in [0.15, 0.2) is 137 Å². The molecule has 0 radical (unpaired) electrons. The smallest absolute Gasteiger partial charge is 0.137 e. The molecule has 3 heteroatoms. The Hall–Kier alpha value is -5.02. The molecule has 0 saturated carbocycles. The van der Waals surface area contributed by atoms with Crippen molar-refractivity contribution in [2.75, 3.05) is 0 Å². The number of hydrogen-bond acceptors (Lipinski definition) is 2. The summed E-state index contributed by atoms with van der Waals surface area (Å²) in [6, 6.07) is 35.2. The average molecular weight is 543 g/mol. The van der Waals surface area contributed by atoms with Crippen molar-refractivity contribution >= 4 is 44.4 Å². The number of dihydropyridines is 1.